The third kappa shape index (κ3) is 2.83. The van der Waals surface area contributed by atoms with Crippen LogP contribution in [0.2, 0.25) is 0 Å². The quantitative estimate of drug-likeness (QED) is 0.775. The Kier molecular flexibility index (Phi) is 3.97. The highest BCUT2D eigenvalue weighted by Gasteiger charge is 2.30. The Labute approximate surface area is 118 Å². The lowest BCUT2D eigenvalue weighted by Gasteiger charge is -2.22. The molecule has 1 aromatic carbocycles. The minimum Gasteiger partial charge on any atom is -0.461 e. The van der Waals surface area contributed by atoms with E-state index >= 15 is 0 Å². The lowest BCUT2D eigenvalue weighted by Crippen LogP contribution is -2.21. The monoisotopic (exact) mass is 270 g/mol. The van der Waals surface area contributed by atoms with Crippen molar-refractivity contribution >= 4 is 5.78 Å². The van der Waals surface area contributed by atoms with E-state index in [-0.39, 0.29) is 17.8 Å². The van der Waals surface area contributed by atoms with Gasteiger partial charge in [0.1, 0.15) is 0 Å². The number of benzene rings is 1. The van der Waals surface area contributed by atoms with Crippen molar-refractivity contribution in [1.29, 1.82) is 0 Å². The summed E-state index contributed by atoms with van der Waals surface area (Å²) in [5, 5.41) is 0. The van der Waals surface area contributed by atoms with E-state index in [0.29, 0.717) is 12.2 Å². The average Bonchev–Trinajstić information content (AvgIpc) is 3.18. The molecular weight excluding hydrogens is 252 g/mol. The van der Waals surface area contributed by atoms with Crippen molar-refractivity contribution in [3.8, 4) is 0 Å². The molecule has 0 saturated carbocycles. The normalized spacial score (nSPS) is 19.9. The molecule has 2 atom stereocenters. The van der Waals surface area contributed by atoms with E-state index < -0.39 is 0 Å². The van der Waals surface area contributed by atoms with Crippen LogP contribution in [0.3, 0.4) is 0 Å². The van der Waals surface area contributed by atoms with Gasteiger partial charge in [0, 0.05) is 18.9 Å². The maximum Gasteiger partial charge on any atom is 0.198 e. The summed E-state index contributed by atoms with van der Waals surface area (Å²) in [6, 6.07) is 13.6. The molecule has 0 amide bonds. The van der Waals surface area contributed by atoms with Crippen molar-refractivity contribution in [2.45, 2.75) is 31.3 Å². The molecule has 0 N–H and O–H groups in total. The largest absolute Gasteiger partial charge is 0.461 e. The van der Waals surface area contributed by atoms with Crippen LogP contribution in [0.25, 0.3) is 0 Å². The molecular formula is C17H18O3. The minimum atomic E-state index is 0.0411. The number of hydrogen-bond donors (Lipinski definition) is 0. The summed E-state index contributed by atoms with van der Waals surface area (Å²) in [4.78, 5) is 12.3. The van der Waals surface area contributed by atoms with Crippen LogP contribution < -0.4 is 0 Å². The topological polar surface area (TPSA) is 39.4 Å². The first-order valence-corrected chi connectivity index (χ1v) is 7.08. The number of furan rings is 1. The zero-order chi connectivity index (χ0) is 13.8. The number of carbonyl (C=O) groups is 1. The highest BCUT2D eigenvalue weighted by atomic mass is 16.5. The summed E-state index contributed by atoms with van der Waals surface area (Å²) in [7, 11) is 0. The fourth-order valence-corrected chi connectivity index (χ4v) is 2.82. The van der Waals surface area contributed by atoms with Crippen LogP contribution in [0.4, 0.5) is 0 Å². The van der Waals surface area contributed by atoms with Gasteiger partial charge in [0.2, 0.25) is 0 Å². The Hall–Kier alpha value is -1.87. The first-order valence-electron chi connectivity index (χ1n) is 7.08. The van der Waals surface area contributed by atoms with Crippen LogP contribution in [0.1, 0.15) is 41.3 Å². The summed E-state index contributed by atoms with van der Waals surface area (Å²) in [5.41, 5.74) is 1.17. The number of rotatable bonds is 5. The van der Waals surface area contributed by atoms with E-state index in [4.69, 9.17) is 9.15 Å². The predicted octanol–water partition coefficient (Wildman–Crippen LogP) is 3.82. The number of Topliss-reactive ketones (excluding diaryl/α,β-unsaturated/α-hetero) is 1. The van der Waals surface area contributed by atoms with Crippen molar-refractivity contribution in [3.63, 3.8) is 0 Å². The first-order chi connectivity index (χ1) is 9.84. The van der Waals surface area contributed by atoms with Gasteiger partial charge in [0.15, 0.2) is 11.5 Å². The van der Waals surface area contributed by atoms with Gasteiger partial charge in [-0.1, -0.05) is 30.3 Å². The van der Waals surface area contributed by atoms with Gasteiger partial charge in [-0.2, -0.15) is 0 Å². The standard InChI is InChI=1S/C17H18O3/c18-15(17-9-5-11-20-17)12-14(16-8-4-10-19-16)13-6-2-1-3-7-13/h1-3,5-7,9,11,14,16H,4,8,10,12H2. The maximum atomic E-state index is 12.3. The molecule has 1 aliphatic heterocycles. The van der Waals surface area contributed by atoms with E-state index in [0.717, 1.165) is 19.4 Å². The van der Waals surface area contributed by atoms with E-state index in [1.165, 1.54) is 11.8 Å². The average molecular weight is 270 g/mol. The maximum absolute atomic E-state index is 12.3. The van der Waals surface area contributed by atoms with Gasteiger partial charge in [-0.05, 0) is 30.5 Å². The van der Waals surface area contributed by atoms with Gasteiger partial charge in [0.05, 0.1) is 12.4 Å². The van der Waals surface area contributed by atoms with Gasteiger partial charge in [-0.3, -0.25) is 4.79 Å². The number of ether oxygens (including phenoxy) is 1. The predicted molar refractivity (Wildman–Crippen MR) is 75.8 cm³/mol. The van der Waals surface area contributed by atoms with Crippen molar-refractivity contribution in [1.82, 2.24) is 0 Å². The van der Waals surface area contributed by atoms with E-state index in [1.807, 2.05) is 18.2 Å². The molecule has 3 rings (SSSR count). The van der Waals surface area contributed by atoms with Gasteiger partial charge in [0.25, 0.3) is 0 Å². The summed E-state index contributed by atoms with van der Waals surface area (Å²) in [5.74, 6) is 0.583. The molecule has 3 heteroatoms. The zero-order valence-electron chi connectivity index (χ0n) is 11.3. The van der Waals surface area contributed by atoms with Crippen LogP contribution >= 0.6 is 0 Å². The fraction of sp³-hybridized carbons (Fsp3) is 0.353. The second kappa shape index (κ2) is 6.06. The van der Waals surface area contributed by atoms with Crippen LogP contribution in [0.15, 0.2) is 53.1 Å². The molecule has 20 heavy (non-hydrogen) atoms. The Morgan fingerprint density at radius 2 is 2.05 bits per heavy atom. The smallest absolute Gasteiger partial charge is 0.198 e. The Morgan fingerprint density at radius 1 is 1.20 bits per heavy atom. The lowest BCUT2D eigenvalue weighted by molar-refractivity contribution is 0.0744. The van der Waals surface area contributed by atoms with Crippen LogP contribution in [0.5, 0.6) is 0 Å². The van der Waals surface area contributed by atoms with Crippen molar-refractivity contribution < 1.29 is 13.9 Å². The summed E-state index contributed by atoms with van der Waals surface area (Å²) >= 11 is 0. The number of ketones is 1. The van der Waals surface area contributed by atoms with Crippen molar-refractivity contribution in [2.24, 2.45) is 0 Å². The molecule has 1 fully saturated rings. The molecule has 104 valence electrons. The number of hydrogen-bond acceptors (Lipinski definition) is 3. The molecule has 2 unspecified atom stereocenters. The molecule has 0 aliphatic carbocycles. The third-order valence-corrected chi connectivity index (χ3v) is 3.84. The van der Waals surface area contributed by atoms with Gasteiger partial charge < -0.3 is 9.15 Å². The Morgan fingerprint density at radius 3 is 2.70 bits per heavy atom. The minimum absolute atomic E-state index is 0.0411. The molecule has 2 heterocycles. The Balaban J connectivity index is 1.80. The van der Waals surface area contributed by atoms with Gasteiger partial charge in [-0.15, -0.1) is 0 Å². The summed E-state index contributed by atoms with van der Waals surface area (Å²) in [6.07, 6.45) is 4.20. The fourth-order valence-electron chi connectivity index (χ4n) is 2.82. The van der Waals surface area contributed by atoms with E-state index in [9.17, 15) is 4.79 Å². The lowest BCUT2D eigenvalue weighted by atomic mass is 9.87. The molecule has 1 saturated heterocycles. The highest BCUT2D eigenvalue weighted by Crippen LogP contribution is 2.32. The first kappa shape index (κ1) is 13.1. The SMILES string of the molecule is O=C(CC(c1ccccc1)C1CCCO1)c1ccco1. The molecule has 3 nitrogen and oxygen atoms in total. The highest BCUT2D eigenvalue weighted by molar-refractivity contribution is 5.93. The second-order valence-electron chi connectivity index (χ2n) is 5.17. The number of carbonyl (C=O) groups excluding carboxylic acids is 1. The zero-order valence-corrected chi connectivity index (χ0v) is 11.3. The van der Waals surface area contributed by atoms with E-state index in [1.54, 1.807) is 12.1 Å². The van der Waals surface area contributed by atoms with Crippen LogP contribution in [0, 0.1) is 0 Å². The molecule has 2 aromatic rings. The summed E-state index contributed by atoms with van der Waals surface area (Å²) in [6.45, 7) is 0.795. The molecule has 0 radical (unpaired) electrons. The third-order valence-electron chi connectivity index (χ3n) is 3.84. The summed E-state index contributed by atoms with van der Waals surface area (Å²) < 4.78 is 11.0. The molecule has 1 aliphatic rings. The second-order valence-corrected chi connectivity index (χ2v) is 5.17. The van der Waals surface area contributed by atoms with Crippen LogP contribution in [-0.2, 0) is 4.74 Å². The molecule has 1 aromatic heterocycles. The van der Waals surface area contributed by atoms with Gasteiger partial charge >= 0.3 is 0 Å². The van der Waals surface area contributed by atoms with Crippen molar-refractivity contribution in [2.75, 3.05) is 6.61 Å². The van der Waals surface area contributed by atoms with Crippen LogP contribution in [-0.4, -0.2) is 18.5 Å². The van der Waals surface area contributed by atoms with E-state index in [2.05, 4.69) is 12.1 Å². The molecule has 0 bridgehead atoms. The van der Waals surface area contributed by atoms with Crippen molar-refractivity contribution in [3.05, 3.63) is 60.1 Å². The Bertz CT molecular complexity index is 539. The molecule has 0 spiro atoms. The van der Waals surface area contributed by atoms with Gasteiger partial charge in [-0.25, -0.2) is 0 Å².